The second-order valence-electron chi connectivity index (χ2n) is 9.83. The van der Waals surface area contributed by atoms with Gasteiger partial charge in [0.1, 0.15) is 6.04 Å². The van der Waals surface area contributed by atoms with Gasteiger partial charge >= 0.3 is 0 Å². The van der Waals surface area contributed by atoms with Crippen molar-refractivity contribution in [1.29, 1.82) is 0 Å². The lowest BCUT2D eigenvalue weighted by Gasteiger charge is -2.33. The highest BCUT2D eigenvalue weighted by Gasteiger charge is 2.33. The van der Waals surface area contributed by atoms with E-state index in [4.69, 9.17) is 34.8 Å². The Labute approximate surface area is 251 Å². The van der Waals surface area contributed by atoms with Crippen LogP contribution in [0.5, 0.6) is 0 Å². The largest absolute Gasteiger partial charge is 0.354 e. The van der Waals surface area contributed by atoms with Gasteiger partial charge in [-0.2, -0.15) is 4.31 Å². The Morgan fingerprint density at radius 1 is 0.875 bits per heavy atom. The highest BCUT2D eigenvalue weighted by Crippen LogP contribution is 2.25. The van der Waals surface area contributed by atoms with E-state index in [1.807, 2.05) is 44.2 Å². The first-order valence-corrected chi connectivity index (χ1v) is 15.2. The number of benzene rings is 3. The maximum Gasteiger partial charge on any atom is 0.243 e. The fourth-order valence-corrected chi connectivity index (χ4v) is 5.53. The summed E-state index contributed by atoms with van der Waals surface area (Å²) >= 11 is 18.3. The molecular weight excluding hydrogens is 593 g/mol. The molecule has 3 rings (SSSR count). The second-order valence-corrected chi connectivity index (χ2v) is 13.1. The number of nitrogens with one attached hydrogen (secondary N) is 1. The van der Waals surface area contributed by atoms with Gasteiger partial charge in [-0.1, -0.05) is 85.0 Å². The Morgan fingerprint density at radius 3 is 2.12 bits per heavy atom. The van der Waals surface area contributed by atoms with Crippen LogP contribution in [0.1, 0.15) is 25.0 Å². The lowest BCUT2D eigenvalue weighted by molar-refractivity contribution is -0.141. The number of rotatable bonds is 12. The Kier molecular flexibility index (Phi) is 11.4. The zero-order valence-corrected chi connectivity index (χ0v) is 25.6. The van der Waals surface area contributed by atoms with Gasteiger partial charge in [-0.25, -0.2) is 8.42 Å². The molecule has 0 radical (unpaired) electrons. The lowest BCUT2D eigenvalue weighted by Crippen LogP contribution is -2.53. The number of nitrogens with zero attached hydrogens (tertiary/aromatic N) is 2. The van der Waals surface area contributed by atoms with Crippen LogP contribution in [0, 0.1) is 5.92 Å². The Hall–Kier alpha value is -2.62. The normalized spacial score (nSPS) is 12.4. The maximum absolute atomic E-state index is 13.9. The number of carbonyl (C=O) groups excluding carboxylic acids is 2. The summed E-state index contributed by atoms with van der Waals surface area (Å²) in [6.07, 6.45) is 0.228. The molecule has 1 atom stereocenters. The molecule has 3 aromatic rings. The van der Waals surface area contributed by atoms with E-state index in [1.165, 1.54) is 36.2 Å². The van der Waals surface area contributed by atoms with Gasteiger partial charge in [0.2, 0.25) is 21.8 Å². The van der Waals surface area contributed by atoms with Crippen molar-refractivity contribution in [2.45, 2.75) is 37.8 Å². The fourth-order valence-electron chi connectivity index (χ4n) is 3.96. The molecule has 0 bridgehead atoms. The summed E-state index contributed by atoms with van der Waals surface area (Å²) in [4.78, 5) is 28.8. The van der Waals surface area contributed by atoms with Crippen LogP contribution in [-0.2, 0) is 32.6 Å². The minimum Gasteiger partial charge on any atom is -0.354 e. The third kappa shape index (κ3) is 8.69. The van der Waals surface area contributed by atoms with Gasteiger partial charge < -0.3 is 10.2 Å². The monoisotopic (exact) mass is 623 g/mol. The van der Waals surface area contributed by atoms with Gasteiger partial charge in [0.15, 0.2) is 0 Å². The molecule has 0 aliphatic carbocycles. The molecule has 0 heterocycles. The molecule has 0 aromatic heterocycles. The molecule has 1 N–H and O–H groups in total. The molecule has 3 aromatic carbocycles. The quantitative estimate of drug-likeness (QED) is 0.281. The molecule has 11 heteroatoms. The second kappa shape index (κ2) is 14.3. The minimum absolute atomic E-state index is 0.00116. The third-order valence-corrected chi connectivity index (χ3v) is 8.98. The highest BCUT2D eigenvalue weighted by molar-refractivity contribution is 7.89. The summed E-state index contributed by atoms with van der Waals surface area (Å²) in [6.45, 7) is 3.89. The zero-order valence-electron chi connectivity index (χ0n) is 22.5. The SMILES string of the molecule is CC(C)CNC(=O)C(Cc1ccccc1)N(Cc1ccc(Cl)c(Cl)c1)C(=O)CN(C)S(=O)(=O)c1ccc(Cl)cc1. The van der Waals surface area contributed by atoms with Crippen LogP contribution in [0.3, 0.4) is 0 Å². The summed E-state index contributed by atoms with van der Waals surface area (Å²) in [7, 11) is -2.68. The molecule has 0 spiro atoms. The molecule has 0 saturated carbocycles. The number of halogens is 3. The summed E-state index contributed by atoms with van der Waals surface area (Å²) in [5, 5.41) is 3.98. The molecule has 40 heavy (non-hydrogen) atoms. The molecule has 7 nitrogen and oxygen atoms in total. The van der Waals surface area contributed by atoms with Crippen LogP contribution in [0.15, 0.2) is 77.7 Å². The van der Waals surface area contributed by atoms with Crippen molar-refractivity contribution in [2.24, 2.45) is 5.92 Å². The first-order chi connectivity index (χ1) is 18.9. The van der Waals surface area contributed by atoms with Crippen molar-refractivity contribution in [3.63, 3.8) is 0 Å². The van der Waals surface area contributed by atoms with Gasteiger partial charge in [-0.3, -0.25) is 9.59 Å². The summed E-state index contributed by atoms with van der Waals surface area (Å²) in [6, 6.07) is 19.1. The Balaban J connectivity index is 1.98. The molecule has 0 fully saturated rings. The van der Waals surface area contributed by atoms with Gasteiger partial charge in [0.25, 0.3) is 0 Å². The van der Waals surface area contributed by atoms with Gasteiger partial charge in [-0.15, -0.1) is 0 Å². The third-order valence-electron chi connectivity index (χ3n) is 6.17. The van der Waals surface area contributed by atoms with Crippen molar-refractivity contribution >= 4 is 56.6 Å². The van der Waals surface area contributed by atoms with Crippen LogP contribution in [0.4, 0.5) is 0 Å². The van der Waals surface area contributed by atoms with E-state index in [2.05, 4.69) is 5.32 Å². The van der Waals surface area contributed by atoms with Crippen molar-refractivity contribution in [3.8, 4) is 0 Å². The van der Waals surface area contributed by atoms with Crippen molar-refractivity contribution in [1.82, 2.24) is 14.5 Å². The summed E-state index contributed by atoms with van der Waals surface area (Å²) in [5.41, 5.74) is 1.49. The van der Waals surface area contributed by atoms with E-state index in [1.54, 1.807) is 18.2 Å². The molecule has 0 saturated heterocycles. The smallest absolute Gasteiger partial charge is 0.243 e. The van der Waals surface area contributed by atoms with Gasteiger partial charge in [0, 0.05) is 31.6 Å². The van der Waals surface area contributed by atoms with E-state index in [0.29, 0.717) is 27.2 Å². The number of sulfonamides is 1. The Bertz CT molecular complexity index is 1420. The molecule has 0 aliphatic rings. The predicted molar refractivity (Wildman–Crippen MR) is 160 cm³/mol. The topological polar surface area (TPSA) is 86.8 Å². The summed E-state index contributed by atoms with van der Waals surface area (Å²) < 4.78 is 27.4. The molecular formula is C29H32Cl3N3O4S. The molecule has 2 amide bonds. The lowest BCUT2D eigenvalue weighted by atomic mass is 10.0. The van der Waals surface area contributed by atoms with Crippen LogP contribution in [0.2, 0.25) is 15.1 Å². The first kappa shape index (κ1) is 31.9. The maximum atomic E-state index is 13.9. The zero-order chi connectivity index (χ0) is 29.4. The van der Waals surface area contributed by atoms with E-state index in [9.17, 15) is 18.0 Å². The summed E-state index contributed by atoms with van der Waals surface area (Å²) in [5.74, 6) is -0.697. The minimum atomic E-state index is -4.01. The fraction of sp³-hybridized carbons (Fsp3) is 0.310. The predicted octanol–water partition coefficient (Wildman–Crippen LogP) is 5.68. The van der Waals surface area contributed by atoms with Gasteiger partial charge in [0.05, 0.1) is 21.5 Å². The molecule has 214 valence electrons. The number of hydrogen-bond donors (Lipinski definition) is 1. The molecule has 0 aliphatic heterocycles. The number of hydrogen-bond acceptors (Lipinski definition) is 4. The highest BCUT2D eigenvalue weighted by atomic mass is 35.5. The van der Waals surface area contributed by atoms with Crippen LogP contribution in [0.25, 0.3) is 0 Å². The number of carbonyl (C=O) groups is 2. The molecule has 1 unspecified atom stereocenters. The van der Waals surface area contributed by atoms with E-state index in [0.717, 1.165) is 9.87 Å². The average Bonchev–Trinajstić information content (AvgIpc) is 2.91. The van der Waals surface area contributed by atoms with E-state index < -0.39 is 28.5 Å². The first-order valence-electron chi connectivity index (χ1n) is 12.7. The average molecular weight is 625 g/mol. The number of amides is 2. The number of likely N-dealkylation sites (N-methyl/N-ethyl adjacent to an activating group) is 1. The van der Waals surface area contributed by atoms with Crippen LogP contribution < -0.4 is 5.32 Å². The van der Waals surface area contributed by atoms with Crippen LogP contribution >= 0.6 is 34.8 Å². The van der Waals surface area contributed by atoms with Crippen LogP contribution in [-0.4, -0.2) is 55.6 Å². The van der Waals surface area contributed by atoms with E-state index in [-0.39, 0.29) is 29.7 Å². The van der Waals surface area contributed by atoms with E-state index >= 15 is 0 Å². The standard InChI is InChI=1S/C29H32Cl3N3O4S/c1-20(2)17-33-29(37)27(16-21-7-5-4-6-8-21)35(18-22-9-14-25(31)26(32)15-22)28(36)19-34(3)40(38,39)24-12-10-23(30)11-13-24/h4-15,20,27H,16-19H2,1-3H3,(H,33,37). The van der Waals surface area contributed by atoms with Crippen molar-refractivity contribution in [2.75, 3.05) is 20.1 Å². The Morgan fingerprint density at radius 2 is 1.52 bits per heavy atom. The van der Waals surface area contributed by atoms with Gasteiger partial charge in [-0.05, 0) is 53.4 Å². The van der Waals surface area contributed by atoms with Crippen molar-refractivity contribution in [3.05, 3.63) is 99.0 Å². The van der Waals surface area contributed by atoms with Crippen molar-refractivity contribution < 1.29 is 18.0 Å².